The smallest absolute Gasteiger partial charge is 0.0794 e. The summed E-state index contributed by atoms with van der Waals surface area (Å²) in [5.41, 5.74) is 1.87. The molecule has 0 aliphatic heterocycles. The number of hydrogen-bond acceptors (Lipinski definition) is 2. The third-order valence-corrected chi connectivity index (χ3v) is 2.10. The molecule has 0 fully saturated rings. The van der Waals surface area contributed by atoms with Crippen molar-refractivity contribution in [3.8, 4) is 0 Å². The van der Waals surface area contributed by atoms with Crippen molar-refractivity contribution in [2.75, 3.05) is 0 Å². The average molecular weight is 191 g/mol. The first-order chi connectivity index (χ1) is 4.80. The van der Waals surface area contributed by atoms with Crippen LogP contribution in [0.1, 0.15) is 38.5 Å². The van der Waals surface area contributed by atoms with E-state index in [2.05, 4.69) is 18.8 Å². The van der Waals surface area contributed by atoms with Crippen LogP contribution in [0.2, 0.25) is 0 Å². The molecule has 1 aromatic heterocycles. The molecule has 1 aromatic rings. The largest absolute Gasteiger partial charge is 0.253 e. The molecule has 0 spiro atoms. The lowest BCUT2D eigenvalue weighted by molar-refractivity contribution is 0.885. The van der Waals surface area contributed by atoms with Gasteiger partial charge in [-0.25, -0.2) is 0 Å². The lowest BCUT2D eigenvalue weighted by atomic mass is 10.2. The number of aromatic nitrogens is 1. The van der Waals surface area contributed by atoms with Crippen molar-refractivity contribution in [1.29, 1.82) is 0 Å². The van der Waals surface area contributed by atoms with Crippen LogP contribution in [0.15, 0.2) is 11.7 Å². The van der Waals surface area contributed by atoms with E-state index in [9.17, 15) is 0 Å². The molecule has 1 nitrogen and oxygen atoms in total. The molecular formula is C8H17NS2. The zero-order chi connectivity index (χ0) is 7.98. The Labute approximate surface area is 80.3 Å². The highest BCUT2D eigenvalue weighted by Crippen LogP contribution is 2.16. The first-order valence-electron chi connectivity index (χ1n) is 3.69. The maximum Gasteiger partial charge on any atom is 0.0794 e. The van der Waals surface area contributed by atoms with Gasteiger partial charge in [0.05, 0.1) is 5.51 Å². The van der Waals surface area contributed by atoms with Gasteiger partial charge in [-0.2, -0.15) is 13.5 Å². The summed E-state index contributed by atoms with van der Waals surface area (Å²) in [6, 6.07) is 0. The monoisotopic (exact) mass is 191 g/mol. The summed E-state index contributed by atoms with van der Waals surface area (Å²) in [6.07, 6.45) is 1.93. The second-order valence-corrected chi connectivity index (χ2v) is 2.98. The minimum Gasteiger partial charge on any atom is -0.253 e. The summed E-state index contributed by atoms with van der Waals surface area (Å²) in [5, 5.41) is 0. The highest BCUT2D eigenvalue weighted by Gasteiger charge is 1.96. The first kappa shape index (κ1) is 13.6. The Kier molecular flexibility index (Phi) is 9.96. The molecule has 0 aromatic carbocycles. The minimum absolute atomic E-state index is 0. The summed E-state index contributed by atoms with van der Waals surface area (Å²) >= 11 is 1.72. The van der Waals surface area contributed by atoms with Crippen molar-refractivity contribution >= 4 is 24.8 Å². The van der Waals surface area contributed by atoms with Crippen molar-refractivity contribution in [3.63, 3.8) is 0 Å². The summed E-state index contributed by atoms with van der Waals surface area (Å²) < 4.78 is 0. The predicted molar refractivity (Wildman–Crippen MR) is 57.9 cm³/mol. The Bertz CT molecular complexity index is 147. The van der Waals surface area contributed by atoms with Crippen LogP contribution in [-0.4, -0.2) is 4.98 Å². The lowest BCUT2D eigenvalue weighted by Crippen LogP contribution is -1.77. The van der Waals surface area contributed by atoms with Crippen LogP contribution in [0.25, 0.3) is 0 Å². The number of rotatable bonds is 1. The Morgan fingerprint density at radius 1 is 1.36 bits per heavy atom. The van der Waals surface area contributed by atoms with E-state index in [0.717, 1.165) is 0 Å². The highest BCUT2D eigenvalue weighted by atomic mass is 32.1. The summed E-state index contributed by atoms with van der Waals surface area (Å²) in [7, 11) is 0. The van der Waals surface area contributed by atoms with E-state index >= 15 is 0 Å². The quantitative estimate of drug-likeness (QED) is 0.663. The molecule has 66 valence electrons. The summed E-state index contributed by atoms with van der Waals surface area (Å²) in [4.78, 5) is 5.33. The molecule has 0 atom stereocenters. The van der Waals surface area contributed by atoms with Gasteiger partial charge in [0.25, 0.3) is 0 Å². The van der Waals surface area contributed by atoms with E-state index in [0.29, 0.717) is 5.92 Å². The van der Waals surface area contributed by atoms with Crippen molar-refractivity contribution in [2.24, 2.45) is 0 Å². The van der Waals surface area contributed by atoms with Crippen LogP contribution in [0.3, 0.4) is 0 Å². The molecule has 0 bridgehead atoms. The molecule has 0 amide bonds. The number of nitrogens with zero attached hydrogens (tertiary/aromatic N) is 1. The Morgan fingerprint density at radius 2 is 1.91 bits per heavy atom. The van der Waals surface area contributed by atoms with E-state index < -0.39 is 0 Å². The average Bonchev–Trinajstić information content (AvgIpc) is 2.42. The molecule has 1 heterocycles. The molecule has 0 N–H and O–H groups in total. The fourth-order valence-electron chi connectivity index (χ4n) is 0.511. The van der Waals surface area contributed by atoms with Gasteiger partial charge in [-0.1, -0.05) is 27.7 Å². The molecule has 3 heteroatoms. The maximum absolute atomic E-state index is 3.96. The molecule has 1 rings (SSSR count). The Hall–Kier alpha value is -0.0200. The second-order valence-electron chi connectivity index (χ2n) is 2.06. The zero-order valence-corrected chi connectivity index (χ0v) is 9.40. The van der Waals surface area contributed by atoms with Gasteiger partial charge in [0, 0.05) is 11.1 Å². The van der Waals surface area contributed by atoms with Gasteiger partial charge in [0.2, 0.25) is 0 Å². The SMILES string of the molecule is CC.CC(C)c1cncs1.S. The fraction of sp³-hybridized carbons (Fsp3) is 0.625. The highest BCUT2D eigenvalue weighted by molar-refractivity contribution is 7.59. The predicted octanol–water partition coefficient (Wildman–Crippen LogP) is 3.41. The van der Waals surface area contributed by atoms with Gasteiger partial charge in [0.15, 0.2) is 0 Å². The molecular weight excluding hydrogens is 174 g/mol. The van der Waals surface area contributed by atoms with Crippen molar-refractivity contribution in [2.45, 2.75) is 33.6 Å². The molecule has 0 unspecified atom stereocenters. The lowest BCUT2D eigenvalue weighted by Gasteiger charge is -1.94. The van der Waals surface area contributed by atoms with Crippen LogP contribution in [-0.2, 0) is 0 Å². The van der Waals surface area contributed by atoms with E-state index in [1.807, 2.05) is 25.6 Å². The van der Waals surface area contributed by atoms with Crippen LogP contribution in [0, 0.1) is 0 Å². The number of hydrogen-bond donors (Lipinski definition) is 0. The molecule has 0 aliphatic rings. The normalized spacial score (nSPS) is 8.09. The van der Waals surface area contributed by atoms with Crippen molar-refractivity contribution in [3.05, 3.63) is 16.6 Å². The van der Waals surface area contributed by atoms with Gasteiger partial charge in [-0.15, -0.1) is 11.3 Å². The van der Waals surface area contributed by atoms with Gasteiger partial charge in [0.1, 0.15) is 0 Å². The van der Waals surface area contributed by atoms with Gasteiger partial charge in [-0.3, -0.25) is 4.98 Å². The third kappa shape index (κ3) is 5.27. The van der Waals surface area contributed by atoms with Crippen LogP contribution >= 0.6 is 24.8 Å². The summed E-state index contributed by atoms with van der Waals surface area (Å²) in [5.74, 6) is 0.641. The van der Waals surface area contributed by atoms with E-state index in [1.54, 1.807) is 11.3 Å². The van der Waals surface area contributed by atoms with E-state index in [4.69, 9.17) is 0 Å². The fourth-order valence-corrected chi connectivity index (χ4v) is 1.15. The van der Waals surface area contributed by atoms with Gasteiger partial charge in [-0.05, 0) is 5.92 Å². The number of thiazole rings is 1. The molecule has 11 heavy (non-hydrogen) atoms. The van der Waals surface area contributed by atoms with E-state index in [-0.39, 0.29) is 13.5 Å². The molecule has 0 radical (unpaired) electrons. The van der Waals surface area contributed by atoms with E-state index in [1.165, 1.54) is 4.88 Å². The van der Waals surface area contributed by atoms with Gasteiger partial charge >= 0.3 is 0 Å². The minimum atomic E-state index is 0. The van der Waals surface area contributed by atoms with Crippen molar-refractivity contribution < 1.29 is 0 Å². The maximum atomic E-state index is 3.96. The third-order valence-electron chi connectivity index (χ3n) is 1.02. The van der Waals surface area contributed by atoms with Crippen molar-refractivity contribution in [1.82, 2.24) is 4.98 Å². The second kappa shape index (κ2) is 8.08. The molecule has 0 saturated heterocycles. The topological polar surface area (TPSA) is 12.9 Å². The standard InChI is InChI=1S/C6H9NS.C2H6.H2S/c1-5(2)6-3-7-4-8-6;1-2;/h3-5H,1-2H3;1-2H3;1H2. The van der Waals surface area contributed by atoms with Crippen LogP contribution in [0.4, 0.5) is 0 Å². The summed E-state index contributed by atoms with van der Waals surface area (Å²) in [6.45, 7) is 8.35. The van der Waals surface area contributed by atoms with Gasteiger partial charge < -0.3 is 0 Å². The Morgan fingerprint density at radius 3 is 2.09 bits per heavy atom. The van der Waals surface area contributed by atoms with Crippen LogP contribution < -0.4 is 0 Å². The van der Waals surface area contributed by atoms with Crippen LogP contribution in [0.5, 0.6) is 0 Å². The zero-order valence-electron chi connectivity index (χ0n) is 7.59. The Balaban J connectivity index is 0. The molecule has 0 saturated carbocycles. The molecule has 0 aliphatic carbocycles. The first-order valence-corrected chi connectivity index (χ1v) is 4.57.